The van der Waals surface area contributed by atoms with Crippen molar-refractivity contribution >= 4 is 28.1 Å². The Bertz CT molecular complexity index is 825. The van der Waals surface area contributed by atoms with Crippen LogP contribution in [0.25, 0.3) is 22.3 Å². The zero-order valence-electron chi connectivity index (χ0n) is 14.5. The SMILES string of the molecule is CN1CCN(CCNc2nc(-c3ccsc3)nc3ccccc23)CC1. The molecule has 0 unspecified atom stereocenters. The first-order valence-corrected chi connectivity index (χ1v) is 9.68. The molecular weight excluding hydrogens is 330 g/mol. The Morgan fingerprint density at radius 1 is 1.08 bits per heavy atom. The lowest BCUT2D eigenvalue weighted by atomic mass is 10.2. The number of nitrogens with zero attached hydrogens (tertiary/aromatic N) is 4. The van der Waals surface area contributed by atoms with Gasteiger partial charge in [-0.15, -0.1) is 0 Å². The maximum atomic E-state index is 4.80. The van der Waals surface area contributed by atoms with Crippen LogP contribution in [0.2, 0.25) is 0 Å². The molecule has 1 saturated heterocycles. The molecule has 25 heavy (non-hydrogen) atoms. The molecule has 0 aliphatic carbocycles. The van der Waals surface area contributed by atoms with E-state index in [9.17, 15) is 0 Å². The Morgan fingerprint density at radius 2 is 1.92 bits per heavy atom. The van der Waals surface area contributed by atoms with Crippen molar-refractivity contribution in [1.82, 2.24) is 19.8 Å². The molecule has 0 atom stereocenters. The molecule has 1 N–H and O–H groups in total. The Morgan fingerprint density at radius 3 is 2.72 bits per heavy atom. The largest absolute Gasteiger partial charge is 0.368 e. The first kappa shape index (κ1) is 16.4. The third-order valence-corrected chi connectivity index (χ3v) is 5.38. The fourth-order valence-electron chi connectivity index (χ4n) is 3.14. The van der Waals surface area contributed by atoms with Crippen molar-refractivity contribution in [1.29, 1.82) is 0 Å². The van der Waals surface area contributed by atoms with E-state index in [1.165, 1.54) is 0 Å². The van der Waals surface area contributed by atoms with Gasteiger partial charge < -0.3 is 10.2 Å². The van der Waals surface area contributed by atoms with E-state index in [2.05, 4.69) is 51.1 Å². The number of fused-ring (bicyclic) bond motifs is 1. The topological polar surface area (TPSA) is 44.3 Å². The van der Waals surface area contributed by atoms with Gasteiger partial charge in [-0.1, -0.05) is 12.1 Å². The molecule has 0 amide bonds. The highest BCUT2D eigenvalue weighted by Gasteiger charge is 2.14. The van der Waals surface area contributed by atoms with Crippen LogP contribution >= 0.6 is 11.3 Å². The van der Waals surface area contributed by atoms with E-state index in [0.717, 1.165) is 67.4 Å². The molecule has 1 aromatic carbocycles. The lowest BCUT2D eigenvalue weighted by molar-refractivity contribution is 0.158. The predicted molar refractivity (Wildman–Crippen MR) is 105 cm³/mol. The van der Waals surface area contributed by atoms with Crippen LogP contribution in [-0.2, 0) is 0 Å². The molecule has 1 fully saturated rings. The number of likely N-dealkylation sites (N-methyl/N-ethyl adjacent to an activating group) is 1. The standard InChI is InChI=1S/C19H23N5S/c1-23-9-11-24(12-10-23)8-7-20-19-16-4-2-3-5-17(16)21-18(22-19)15-6-13-25-14-15/h2-6,13-14H,7-12H2,1H3,(H,20,21,22). The summed E-state index contributed by atoms with van der Waals surface area (Å²) in [5.74, 6) is 1.72. The molecule has 0 spiro atoms. The minimum atomic E-state index is 0.794. The third-order valence-electron chi connectivity index (χ3n) is 4.70. The van der Waals surface area contributed by atoms with Gasteiger partial charge in [0.1, 0.15) is 5.82 Å². The molecule has 1 aliphatic heterocycles. The number of thiophene rings is 1. The molecule has 2 aromatic heterocycles. The van der Waals surface area contributed by atoms with Gasteiger partial charge in [0, 0.05) is 55.6 Å². The molecule has 0 radical (unpaired) electrons. The average molecular weight is 353 g/mol. The maximum Gasteiger partial charge on any atom is 0.162 e. The second-order valence-electron chi connectivity index (χ2n) is 6.50. The number of benzene rings is 1. The number of hydrogen-bond donors (Lipinski definition) is 1. The lowest BCUT2D eigenvalue weighted by Gasteiger charge is -2.32. The number of piperazine rings is 1. The van der Waals surface area contributed by atoms with Gasteiger partial charge in [-0.25, -0.2) is 9.97 Å². The van der Waals surface area contributed by atoms with E-state index in [0.29, 0.717) is 0 Å². The van der Waals surface area contributed by atoms with E-state index in [1.54, 1.807) is 11.3 Å². The minimum absolute atomic E-state index is 0.794. The molecular formula is C19H23N5S. The van der Waals surface area contributed by atoms with Gasteiger partial charge in [-0.05, 0) is 30.6 Å². The monoisotopic (exact) mass is 353 g/mol. The molecule has 5 nitrogen and oxygen atoms in total. The molecule has 0 bridgehead atoms. The summed E-state index contributed by atoms with van der Waals surface area (Å²) in [6, 6.07) is 10.3. The summed E-state index contributed by atoms with van der Waals surface area (Å²) in [5.41, 5.74) is 2.07. The molecule has 4 rings (SSSR count). The quantitative estimate of drug-likeness (QED) is 0.764. The summed E-state index contributed by atoms with van der Waals surface area (Å²) in [6.45, 7) is 6.52. The van der Waals surface area contributed by atoms with Crippen molar-refractivity contribution in [2.75, 3.05) is 51.6 Å². The number of anilines is 1. The first-order chi connectivity index (χ1) is 12.3. The van der Waals surface area contributed by atoms with Crippen LogP contribution in [0.5, 0.6) is 0 Å². The zero-order valence-corrected chi connectivity index (χ0v) is 15.3. The van der Waals surface area contributed by atoms with Crippen LogP contribution in [0, 0.1) is 0 Å². The summed E-state index contributed by atoms with van der Waals surface area (Å²) in [6.07, 6.45) is 0. The highest BCUT2D eigenvalue weighted by Crippen LogP contribution is 2.25. The van der Waals surface area contributed by atoms with E-state index in [1.807, 2.05) is 12.1 Å². The first-order valence-electron chi connectivity index (χ1n) is 8.74. The molecule has 6 heteroatoms. The van der Waals surface area contributed by atoms with Crippen LogP contribution in [0.1, 0.15) is 0 Å². The number of rotatable bonds is 5. The maximum absolute atomic E-state index is 4.80. The van der Waals surface area contributed by atoms with Crippen molar-refractivity contribution in [2.45, 2.75) is 0 Å². The van der Waals surface area contributed by atoms with Crippen molar-refractivity contribution in [3.05, 3.63) is 41.1 Å². The van der Waals surface area contributed by atoms with E-state index in [4.69, 9.17) is 9.97 Å². The van der Waals surface area contributed by atoms with Crippen molar-refractivity contribution < 1.29 is 0 Å². The highest BCUT2D eigenvalue weighted by molar-refractivity contribution is 7.08. The van der Waals surface area contributed by atoms with Gasteiger partial charge in [0.15, 0.2) is 5.82 Å². The van der Waals surface area contributed by atoms with Crippen LogP contribution in [-0.4, -0.2) is 66.1 Å². The van der Waals surface area contributed by atoms with Gasteiger partial charge in [0.2, 0.25) is 0 Å². The van der Waals surface area contributed by atoms with Gasteiger partial charge in [-0.3, -0.25) is 4.90 Å². The Labute approximate surface area is 152 Å². The average Bonchev–Trinajstić information content (AvgIpc) is 3.18. The normalized spacial score (nSPS) is 16.4. The summed E-state index contributed by atoms with van der Waals surface area (Å²) in [5, 5.41) is 8.79. The van der Waals surface area contributed by atoms with Crippen LogP contribution in [0.15, 0.2) is 41.1 Å². The smallest absolute Gasteiger partial charge is 0.162 e. The minimum Gasteiger partial charge on any atom is -0.368 e. The predicted octanol–water partition coefficient (Wildman–Crippen LogP) is 3.02. The lowest BCUT2D eigenvalue weighted by Crippen LogP contribution is -2.45. The van der Waals surface area contributed by atoms with E-state index < -0.39 is 0 Å². The molecule has 3 heterocycles. The van der Waals surface area contributed by atoms with Crippen molar-refractivity contribution in [3.63, 3.8) is 0 Å². The highest BCUT2D eigenvalue weighted by atomic mass is 32.1. The van der Waals surface area contributed by atoms with Crippen LogP contribution in [0.4, 0.5) is 5.82 Å². The molecule has 3 aromatic rings. The van der Waals surface area contributed by atoms with Gasteiger partial charge in [0.25, 0.3) is 0 Å². The van der Waals surface area contributed by atoms with Gasteiger partial charge in [0.05, 0.1) is 5.52 Å². The second kappa shape index (κ2) is 7.47. The fourth-order valence-corrected chi connectivity index (χ4v) is 3.77. The Hall–Kier alpha value is -2.02. The second-order valence-corrected chi connectivity index (χ2v) is 7.28. The summed E-state index contributed by atoms with van der Waals surface area (Å²) in [4.78, 5) is 14.4. The molecule has 1 aliphatic rings. The Kier molecular flexibility index (Phi) is 4.92. The van der Waals surface area contributed by atoms with Gasteiger partial charge in [-0.2, -0.15) is 11.3 Å². The summed E-state index contributed by atoms with van der Waals surface area (Å²) >= 11 is 1.67. The van der Waals surface area contributed by atoms with Crippen LogP contribution < -0.4 is 5.32 Å². The summed E-state index contributed by atoms with van der Waals surface area (Å²) < 4.78 is 0. The summed E-state index contributed by atoms with van der Waals surface area (Å²) in [7, 11) is 2.19. The van der Waals surface area contributed by atoms with Gasteiger partial charge >= 0.3 is 0 Å². The van der Waals surface area contributed by atoms with E-state index in [-0.39, 0.29) is 0 Å². The molecule has 130 valence electrons. The van der Waals surface area contributed by atoms with Crippen molar-refractivity contribution in [2.24, 2.45) is 0 Å². The van der Waals surface area contributed by atoms with Crippen molar-refractivity contribution in [3.8, 4) is 11.4 Å². The number of para-hydroxylation sites is 1. The zero-order chi connectivity index (χ0) is 17.1. The Balaban J connectivity index is 1.51. The number of aromatic nitrogens is 2. The number of hydrogen-bond acceptors (Lipinski definition) is 6. The third kappa shape index (κ3) is 3.81. The van der Waals surface area contributed by atoms with Crippen LogP contribution in [0.3, 0.4) is 0 Å². The number of nitrogens with one attached hydrogen (secondary N) is 1. The molecule has 0 saturated carbocycles. The fraction of sp³-hybridized carbons (Fsp3) is 0.368. The van der Waals surface area contributed by atoms with E-state index >= 15 is 0 Å².